The van der Waals surface area contributed by atoms with Crippen LogP contribution in [-0.4, -0.2) is 69.7 Å². The Morgan fingerprint density at radius 3 is 2.57 bits per heavy atom. The highest BCUT2D eigenvalue weighted by Gasteiger charge is 2.30. The van der Waals surface area contributed by atoms with Gasteiger partial charge < -0.3 is 9.64 Å². The van der Waals surface area contributed by atoms with Crippen molar-refractivity contribution in [3.05, 3.63) is 0 Å². The second-order valence-electron chi connectivity index (χ2n) is 6.25. The lowest BCUT2D eigenvalue weighted by Gasteiger charge is -2.37. The second-order valence-corrected chi connectivity index (χ2v) is 8.23. The number of methoxy groups -OCH3 is 1. The minimum Gasteiger partial charge on any atom is -0.469 e. The molecule has 2 aliphatic heterocycles. The Morgan fingerprint density at radius 2 is 1.90 bits per heavy atom. The van der Waals surface area contributed by atoms with Crippen LogP contribution in [0.25, 0.3) is 0 Å². The first kappa shape index (κ1) is 16.7. The third-order valence-electron chi connectivity index (χ3n) is 4.51. The van der Waals surface area contributed by atoms with Crippen LogP contribution in [0.5, 0.6) is 0 Å². The van der Waals surface area contributed by atoms with Crippen LogP contribution in [0.15, 0.2) is 0 Å². The zero-order valence-electron chi connectivity index (χ0n) is 13.0. The van der Waals surface area contributed by atoms with Gasteiger partial charge in [-0.15, -0.1) is 0 Å². The molecule has 0 bridgehead atoms. The first-order chi connectivity index (χ1) is 9.90. The summed E-state index contributed by atoms with van der Waals surface area (Å²) in [4.78, 5) is 13.9. The molecule has 0 aliphatic carbocycles. The number of rotatable bonds is 4. The van der Waals surface area contributed by atoms with Crippen molar-refractivity contribution < 1.29 is 17.9 Å². The van der Waals surface area contributed by atoms with Gasteiger partial charge in [0.1, 0.15) is 0 Å². The van der Waals surface area contributed by atoms with E-state index in [1.165, 1.54) is 13.4 Å². The molecule has 0 aromatic rings. The fourth-order valence-corrected chi connectivity index (χ4v) is 4.37. The first-order valence-electron chi connectivity index (χ1n) is 7.65. The predicted molar refractivity (Wildman–Crippen MR) is 80.3 cm³/mol. The molecule has 0 aromatic carbocycles. The molecule has 7 heteroatoms. The molecule has 0 N–H and O–H groups in total. The number of hydrogen-bond donors (Lipinski definition) is 0. The van der Waals surface area contributed by atoms with Gasteiger partial charge in [-0.3, -0.25) is 4.79 Å². The van der Waals surface area contributed by atoms with E-state index in [1.54, 1.807) is 4.31 Å². The molecule has 0 amide bonds. The van der Waals surface area contributed by atoms with E-state index in [1.807, 2.05) is 0 Å². The van der Waals surface area contributed by atoms with Gasteiger partial charge in [0.25, 0.3) is 0 Å². The van der Waals surface area contributed by atoms with Crippen molar-refractivity contribution in [3.63, 3.8) is 0 Å². The van der Waals surface area contributed by atoms with Crippen LogP contribution in [0.4, 0.5) is 0 Å². The quantitative estimate of drug-likeness (QED) is 0.708. The molecule has 0 saturated carbocycles. The average Bonchev–Trinajstić information content (AvgIpc) is 2.46. The Labute approximate surface area is 127 Å². The fourth-order valence-electron chi connectivity index (χ4n) is 3.42. The van der Waals surface area contributed by atoms with E-state index in [4.69, 9.17) is 4.74 Å². The van der Waals surface area contributed by atoms with E-state index in [2.05, 4.69) is 4.90 Å². The van der Waals surface area contributed by atoms with Gasteiger partial charge >= 0.3 is 5.97 Å². The summed E-state index contributed by atoms with van der Waals surface area (Å²) >= 11 is 0. The Kier molecular flexibility index (Phi) is 5.62. The van der Waals surface area contributed by atoms with Crippen molar-refractivity contribution in [2.24, 2.45) is 11.8 Å². The molecule has 6 nitrogen and oxygen atoms in total. The summed E-state index contributed by atoms with van der Waals surface area (Å²) in [6, 6.07) is 0. The van der Waals surface area contributed by atoms with Crippen molar-refractivity contribution >= 4 is 16.0 Å². The summed E-state index contributed by atoms with van der Waals surface area (Å²) < 4.78 is 29.7. The van der Waals surface area contributed by atoms with Gasteiger partial charge in [0.15, 0.2) is 0 Å². The van der Waals surface area contributed by atoms with Crippen LogP contribution >= 0.6 is 0 Å². The van der Waals surface area contributed by atoms with Gasteiger partial charge in [0.2, 0.25) is 10.0 Å². The number of carbonyl (C=O) groups is 1. The molecule has 2 rings (SSSR count). The van der Waals surface area contributed by atoms with E-state index in [9.17, 15) is 13.2 Å². The van der Waals surface area contributed by atoms with Gasteiger partial charge in [-0.1, -0.05) is 0 Å². The number of esters is 1. The highest BCUT2D eigenvalue weighted by atomic mass is 32.2. The largest absolute Gasteiger partial charge is 0.469 e. The van der Waals surface area contributed by atoms with E-state index in [-0.39, 0.29) is 11.9 Å². The molecule has 0 aromatic heterocycles. The average molecular weight is 318 g/mol. The van der Waals surface area contributed by atoms with E-state index < -0.39 is 10.0 Å². The Bertz CT molecular complexity index is 466. The zero-order valence-corrected chi connectivity index (χ0v) is 13.8. The van der Waals surface area contributed by atoms with Crippen molar-refractivity contribution in [2.45, 2.75) is 25.7 Å². The zero-order chi connectivity index (χ0) is 15.5. The number of nitrogens with zero attached hydrogens (tertiary/aromatic N) is 2. The van der Waals surface area contributed by atoms with Crippen LogP contribution in [0.2, 0.25) is 0 Å². The minimum absolute atomic E-state index is 0.0293. The lowest BCUT2D eigenvalue weighted by atomic mass is 9.94. The van der Waals surface area contributed by atoms with Crippen LogP contribution in [0, 0.1) is 11.8 Å². The SMILES string of the molecule is COC(=O)C1CCCN(CC2CCCN(S(C)(=O)=O)C2)C1. The first-order valence-corrected chi connectivity index (χ1v) is 9.50. The molecule has 2 fully saturated rings. The summed E-state index contributed by atoms with van der Waals surface area (Å²) in [7, 11) is -1.65. The van der Waals surface area contributed by atoms with E-state index >= 15 is 0 Å². The van der Waals surface area contributed by atoms with Crippen molar-refractivity contribution in [1.82, 2.24) is 9.21 Å². The third-order valence-corrected chi connectivity index (χ3v) is 5.78. The maximum absolute atomic E-state index is 11.7. The lowest BCUT2D eigenvalue weighted by molar-refractivity contribution is -0.147. The van der Waals surface area contributed by atoms with Gasteiger partial charge in [-0.05, 0) is 38.1 Å². The summed E-state index contributed by atoms with van der Waals surface area (Å²) in [5.74, 6) is 0.212. The minimum atomic E-state index is -3.09. The highest BCUT2D eigenvalue weighted by molar-refractivity contribution is 7.88. The van der Waals surface area contributed by atoms with E-state index in [0.717, 1.165) is 45.3 Å². The smallest absolute Gasteiger partial charge is 0.309 e. The van der Waals surface area contributed by atoms with Gasteiger partial charge in [0.05, 0.1) is 19.3 Å². The van der Waals surface area contributed by atoms with Crippen LogP contribution < -0.4 is 0 Å². The normalized spacial score (nSPS) is 29.2. The number of carbonyl (C=O) groups excluding carboxylic acids is 1. The Balaban J connectivity index is 1.87. The number of ether oxygens (including phenoxy) is 1. The number of likely N-dealkylation sites (tertiary alicyclic amines) is 1. The topological polar surface area (TPSA) is 66.9 Å². The van der Waals surface area contributed by atoms with Crippen LogP contribution in [-0.2, 0) is 19.6 Å². The molecule has 2 heterocycles. The maximum atomic E-state index is 11.7. The predicted octanol–water partition coefficient (Wildman–Crippen LogP) is 0.543. The highest BCUT2D eigenvalue weighted by Crippen LogP contribution is 2.23. The van der Waals surface area contributed by atoms with Gasteiger partial charge in [-0.25, -0.2) is 12.7 Å². The number of sulfonamides is 1. The molecule has 2 atom stereocenters. The summed E-state index contributed by atoms with van der Waals surface area (Å²) in [6.07, 6.45) is 5.16. The standard InChI is InChI=1S/C14H26N2O4S/c1-20-14(17)13-6-4-7-15(11-13)9-12-5-3-8-16(10-12)21(2,18)19/h12-13H,3-11H2,1-2H3. The molecule has 2 saturated heterocycles. The molecular formula is C14H26N2O4S. The second kappa shape index (κ2) is 7.07. The molecule has 2 aliphatic rings. The van der Waals surface area contributed by atoms with Gasteiger partial charge in [0, 0.05) is 26.2 Å². The molecule has 21 heavy (non-hydrogen) atoms. The molecule has 0 spiro atoms. The fraction of sp³-hybridized carbons (Fsp3) is 0.929. The molecule has 122 valence electrons. The summed E-state index contributed by atoms with van der Waals surface area (Å²) in [5, 5.41) is 0. The summed E-state index contributed by atoms with van der Waals surface area (Å²) in [5.41, 5.74) is 0. The monoisotopic (exact) mass is 318 g/mol. The van der Waals surface area contributed by atoms with Crippen LogP contribution in [0.3, 0.4) is 0 Å². The van der Waals surface area contributed by atoms with Crippen LogP contribution in [0.1, 0.15) is 25.7 Å². The molecular weight excluding hydrogens is 292 g/mol. The van der Waals surface area contributed by atoms with Crippen molar-refractivity contribution in [2.75, 3.05) is 46.1 Å². The maximum Gasteiger partial charge on any atom is 0.309 e. The number of hydrogen-bond acceptors (Lipinski definition) is 5. The Hall–Kier alpha value is -0.660. The van der Waals surface area contributed by atoms with Crippen molar-refractivity contribution in [3.8, 4) is 0 Å². The Morgan fingerprint density at radius 1 is 1.19 bits per heavy atom. The molecule has 0 radical (unpaired) electrons. The van der Waals surface area contributed by atoms with E-state index in [0.29, 0.717) is 19.0 Å². The molecule has 2 unspecified atom stereocenters. The number of piperidine rings is 2. The van der Waals surface area contributed by atoms with Crippen molar-refractivity contribution in [1.29, 1.82) is 0 Å². The third kappa shape index (κ3) is 4.66. The summed E-state index contributed by atoms with van der Waals surface area (Å²) in [6.45, 7) is 3.85. The lowest BCUT2D eigenvalue weighted by Crippen LogP contribution is -2.46. The van der Waals surface area contributed by atoms with Gasteiger partial charge in [-0.2, -0.15) is 0 Å².